The summed E-state index contributed by atoms with van der Waals surface area (Å²) >= 11 is 5.90. The lowest BCUT2D eigenvalue weighted by Crippen LogP contribution is -2.42. The Hall–Kier alpha value is -2.64. The average Bonchev–Trinajstić information content (AvgIpc) is 3.24. The van der Waals surface area contributed by atoms with E-state index in [4.69, 9.17) is 24.8 Å². The highest BCUT2D eigenvalue weighted by Gasteiger charge is 2.36. The first kappa shape index (κ1) is 32.6. The molecule has 0 bridgehead atoms. The summed E-state index contributed by atoms with van der Waals surface area (Å²) in [6.45, 7) is 5.77. The number of nitrogens with zero attached hydrogens (tertiary/aromatic N) is 2. The smallest absolute Gasteiger partial charge is 0.408 e. The number of aliphatic hydroxyl groups excluding tert-OH is 1. The highest BCUT2D eigenvalue weighted by molar-refractivity contribution is 7.51. The number of aliphatic hydroxyl groups is 1. The summed E-state index contributed by atoms with van der Waals surface area (Å²) in [6.07, 6.45) is -0.741. The molecule has 2 aromatic rings. The van der Waals surface area contributed by atoms with Crippen molar-refractivity contribution in [1.82, 2.24) is 15.1 Å². The number of alkyl halides is 3. The van der Waals surface area contributed by atoms with Crippen LogP contribution in [0.25, 0.3) is 11.3 Å². The second kappa shape index (κ2) is 14.1. The molecular weight excluding hydrogens is 561 g/mol. The first-order valence-corrected chi connectivity index (χ1v) is 13.5. The molecule has 0 aliphatic heterocycles. The van der Waals surface area contributed by atoms with Gasteiger partial charge in [-0.1, -0.05) is 31.4 Å². The van der Waals surface area contributed by atoms with Crippen molar-refractivity contribution in [2.75, 3.05) is 25.6 Å². The van der Waals surface area contributed by atoms with Crippen LogP contribution in [0, 0.1) is 11.3 Å². The number of aromatic nitrogens is 2. The number of carbonyl (C=O) groups is 1. The van der Waals surface area contributed by atoms with E-state index >= 15 is 0 Å². The Morgan fingerprint density at radius 3 is 2.46 bits per heavy atom. The van der Waals surface area contributed by atoms with Gasteiger partial charge in [0.1, 0.15) is 11.8 Å². The number of benzene rings is 1. The number of carbonyl (C=O) groups excluding carboxylic acids is 1. The van der Waals surface area contributed by atoms with Crippen LogP contribution in [-0.2, 0) is 18.1 Å². The van der Waals surface area contributed by atoms with Crippen LogP contribution in [0.5, 0.6) is 5.75 Å². The fourth-order valence-corrected chi connectivity index (χ4v) is 4.82. The van der Waals surface area contributed by atoms with Crippen LogP contribution in [0.15, 0.2) is 18.2 Å². The van der Waals surface area contributed by atoms with Crippen LogP contribution in [0.1, 0.15) is 56.9 Å². The number of aryl methyl sites for hydroxylation is 1. The van der Waals surface area contributed by atoms with Crippen LogP contribution >= 0.6 is 11.6 Å². The van der Waals surface area contributed by atoms with Gasteiger partial charge in [0.25, 0.3) is 5.91 Å². The number of amides is 1. The Labute approximate surface area is 234 Å². The number of methoxy groups -OCH3 is 1. The molecule has 1 fully saturated rings. The first-order chi connectivity index (χ1) is 18.4. The van der Waals surface area contributed by atoms with Gasteiger partial charge in [-0.3, -0.25) is 9.48 Å². The summed E-state index contributed by atoms with van der Waals surface area (Å²) < 4.78 is 62.5. The van der Waals surface area contributed by atoms with Crippen molar-refractivity contribution < 1.29 is 36.2 Å². The lowest BCUT2D eigenvalue weighted by Gasteiger charge is -2.38. The van der Waals surface area contributed by atoms with Crippen molar-refractivity contribution in [3.63, 3.8) is 0 Å². The van der Waals surface area contributed by atoms with Crippen molar-refractivity contribution >= 4 is 34.8 Å². The molecule has 0 radical (unpaired) electrons. The molecule has 1 atom stereocenters. The minimum Gasteiger partial charge on any atom is -0.496 e. The van der Waals surface area contributed by atoms with E-state index < -0.39 is 29.7 Å². The topological polar surface area (TPSA) is 123 Å². The van der Waals surface area contributed by atoms with Crippen LogP contribution in [0.3, 0.4) is 0 Å². The van der Waals surface area contributed by atoms with Crippen LogP contribution in [-0.4, -0.2) is 61.7 Å². The molecular formula is C25H34ClF3N4O5S. The van der Waals surface area contributed by atoms with E-state index in [2.05, 4.69) is 22.7 Å². The molecule has 1 aromatic carbocycles. The molecule has 218 valence electrons. The summed E-state index contributed by atoms with van der Waals surface area (Å²) in [7, 11) is 1.41. The number of hydrogen-bond acceptors (Lipinski definition) is 7. The summed E-state index contributed by atoms with van der Waals surface area (Å²) in [5, 5.41) is 19.8. The van der Waals surface area contributed by atoms with Crippen molar-refractivity contribution in [1.29, 1.82) is 0 Å². The number of halogens is 4. The molecule has 0 saturated heterocycles. The molecule has 9 nitrogen and oxygen atoms in total. The van der Waals surface area contributed by atoms with Gasteiger partial charge in [0.15, 0.2) is 5.69 Å². The molecule has 14 heteroatoms. The fourth-order valence-electron chi connectivity index (χ4n) is 4.50. The van der Waals surface area contributed by atoms with E-state index in [1.54, 1.807) is 10.7 Å². The summed E-state index contributed by atoms with van der Waals surface area (Å²) in [6, 6.07) is 2.79. The highest BCUT2D eigenvalue weighted by Crippen LogP contribution is 2.40. The van der Waals surface area contributed by atoms with Gasteiger partial charge in [0.05, 0.1) is 24.4 Å². The van der Waals surface area contributed by atoms with Gasteiger partial charge in [0.2, 0.25) is 0 Å². The van der Waals surface area contributed by atoms with Gasteiger partial charge in [-0.15, -0.1) is 0 Å². The van der Waals surface area contributed by atoms with Crippen molar-refractivity contribution in [3.8, 4) is 17.0 Å². The Morgan fingerprint density at radius 1 is 1.33 bits per heavy atom. The third-order valence-electron chi connectivity index (χ3n) is 7.03. The van der Waals surface area contributed by atoms with Gasteiger partial charge in [-0.2, -0.15) is 26.7 Å². The standard InChI is InChI=1S/C25H34ClF3N4O3.O2S/c1-5-33-22(18-7-6-17(12-19(18)36-4)31-16(3)25(27,28)29)20(26)21(32-33)23(35)30-13-24(14-34)10-8-15(2)9-11-24;1-3-2/h6-7,12,15-16,31,34H,5,8-11,13-14H2,1-4H3,(H,30,35);/t15?,16-,24?;/m1./s1. The summed E-state index contributed by atoms with van der Waals surface area (Å²) in [5.41, 5.74) is 0.841. The Bertz CT molecular complexity index is 1160. The van der Waals surface area contributed by atoms with Gasteiger partial charge in [-0.25, -0.2) is 0 Å². The van der Waals surface area contributed by atoms with E-state index in [9.17, 15) is 23.1 Å². The maximum absolute atomic E-state index is 13.1. The monoisotopic (exact) mass is 594 g/mol. The fraction of sp³-hybridized carbons (Fsp3) is 0.600. The molecule has 1 aromatic heterocycles. The Morgan fingerprint density at radius 2 is 1.95 bits per heavy atom. The molecule has 3 rings (SSSR count). The Balaban J connectivity index is 0.00000170. The van der Waals surface area contributed by atoms with Crippen molar-refractivity contribution in [3.05, 3.63) is 28.9 Å². The molecule has 3 N–H and O–H groups in total. The predicted octanol–water partition coefficient (Wildman–Crippen LogP) is 4.84. The molecule has 0 spiro atoms. The maximum Gasteiger partial charge on any atom is 0.408 e. The third kappa shape index (κ3) is 8.18. The summed E-state index contributed by atoms with van der Waals surface area (Å²) in [4.78, 5) is 13.1. The quantitative estimate of drug-likeness (QED) is 0.379. The summed E-state index contributed by atoms with van der Waals surface area (Å²) in [5.74, 6) is 0.440. The van der Waals surface area contributed by atoms with Crippen molar-refractivity contribution in [2.45, 2.75) is 65.2 Å². The minimum absolute atomic E-state index is 0.00702. The van der Waals surface area contributed by atoms with Gasteiger partial charge in [0, 0.05) is 35.8 Å². The van der Waals surface area contributed by atoms with Crippen LogP contribution in [0.4, 0.5) is 18.9 Å². The van der Waals surface area contributed by atoms with E-state index in [0.29, 0.717) is 30.3 Å². The lowest BCUT2D eigenvalue weighted by molar-refractivity contribution is -0.138. The molecule has 1 aliphatic rings. The first-order valence-electron chi connectivity index (χ1n) is 12.4. The van der Waals surface area contributed by atoms with Crippen LogP contribution in [0.2, 0.25) is 5.02 Å². The Kier molecular flexibility index (Phi) is 11.8. The molecule has 1 aliphatic carbocycles. The van der Waals surface area contributed by atoms with Gasteiger partial charge in [-0.05, 0) is 44.7 Å². The molecule has 1 amide bonds. The maximum atomic E-state index is 13.1. The number of hydrogen-bond donors (Lipinski definition) is 3. The number of ether oxygens (including phenoxy) is 1. The lowest BCUT2D eigenvalue weighted by atomic mass is 9.71. The second-order valence-electron chi connectivity index (χ2n) is 9.74. The van der Waals surface area contributed by atoms with Crippen molar-refractivity contribution in [2.24, 2.45) is 11.3 Å². The van der Waals surface area contributed by atoms with Gasteiger partial charge >= 0.3 is 17.7 Å². The SMILES string of the molecule is CCn1nc(C(=O)NCC2(CO)CCC(C)CC2)c(Cl)c1-c1ccc(N[C@H](C)C(F)(F)F)cc1OC.O=S=O. The third-order valence-corrected chi connectivity index (χ3v) is 7.39. The molecule has 39 heavy (non-hydrogen) atoms. The van der Waals surface area contributed by atoms with E-state index in [-0.39, 0.29) is 34.2 Å². The van der Waals surface area contributed by atoms with E-state index in [1.165, 1.54) is 19.2 Å². The zero-order valence-electron chi connectivity index (χ0n) is 22.2. The normalized spacial score (nSPS) is 19.9. The van der Waals surface area contributed by atoms with E-state index in [0.717, 1.165) is 32.6 Å². The zero-order chi connectivity index (χ0) is 29.4. The average molecular weight is 595 g/mol. The second-order valence-corrected chi connectivity index (χ2v) is 10.3. The minimum atomic E-state index is -4.40. The van der Waals surface area contributed by atoms with E-state index in [1.807, 2.05) is 6.92 Å². The number of rotatable bonds is 9. The largest absolute Gasteiger partial charge is 0.496 e. The van der Waals surface area contributed by atoms with Gasteiger partial charge < -0.3 is 20.5 Å². The van der Waals surface area contributed by atoms with Crippen LogP contribution < -0.4 is 15.4 Å². The molecule has 1 saturated carbocycles. The highest BCUT2D eigenvalue weighted by atomic mass is 35.5. The molecule has 0 unspecified atom stereocenters. The zero-order valence-corrected chi connectivity index (χ0v) is 23.8. The number of anilines is 1. The number of nitrogens with one attached hydrogen (secondary N) is 2. The predicted molar refractivity (Wildman–Crippen MR) is 142 cm³/mol. The molecule has 1 heterocycles.